The molecular formula is C40H62N2O3. The molecule has 0 fully saturated rings. The molecule has 1 heterocycles. The number of hydrogen-bond acceptors (Lipinski definition) is 4. The third-order valence-corrected chi connectivity index (χ3v) is 9.72. The summed E-state index contributed by atoms with van der Waals surface area (Å²) in [6, 6.07) is 13.4. The number of para-hydroxylation sites is 1. The fourth-order valence-corrected chi connectivity index (χ4v) is 6.94. The number of fused-ring (bicyclic) bond motifs is 1. The number of rotatable bonds is 25. The molecule has 0 bridgehead atoms. The van der Waals surface area contributed by atoms with E-state index in [-0.39, 0.29) is 22.3 Å². The van der Waals surface area contributed by atoms with E-state index in [0.717, 1.165) is 13.0 Å². The van der Waals surface area contributed by atoms with Crippen LogP contribution in [0, 0.1) is 10.1 Å². The van der Waals surface area contributed by atoms with E-state index < -0.39 is 0 Å². The van der Waals surface area contributed by atoms with E-state index in [1.165, 1.54) is 139 Å². The summed E-state index contributed by atoms with van der Waals surface area (Å²) in [6.07, 6.45) is 29.1. The van der Waals surface area contributed by atoms with Crippen LogP contribution >= 0.6 is 0 Å². The average Bonchev–Trinajstić information content (AvgIpc) is 3.25. The molecule has 5 heteroatoms. The smallest absolute Gasteiger partial charge is 0.270 e. The summed E-state index contributed by atoms with van der Waals surface area (Å²) in [5, 5.41) is 11.3. The number of unbranched alkanes of at least 4 members (excludes halogenated alkanes) is 19. The Morgan fingerprint density at radius 1 is 0.778 bits per heavy atom. The van der Waals surface area contributed by atoms with Gasteiger partial charge in [-0.1, -0.05) is 174 Å². The van der Waals surface area contributed by atoms with Gasteiger partial charge in [-0.05, 0) is 24.1 Å². The van der Waals surface area contributed by atoms with Crippen LogP contribution in [-0.4, -0.2) is 17.7 Å². The lowest BCUT2D eigenvalue weighted by molar-refractivity contribution is -0.384. The summed E-state index contributed by atoms with van der Waals surface area (Å²) in [5.41, 5.74) is 2.98. The van der Waals surface area contributed by atoms with Crippen LogP contribution in [0.3, 0.4) is 0 Å². The van der Waals surface area contributed by atoms with Crippen LogP contribution in [0.15, 0.2) is 49.0 Å². The van der Waals surface area contributed by atoms with Gasteiger partial charge in [0.1, 0.15) is 5.75 Å². The lowest BCUT2D eigenvalue weighted by Gasteiger charge is -2.35. The van der Waals surface area contributed by atoms with Crippen LogP contribution in [0.4, 0.5) is 11.4 Å². The van der Waals surface area contributed by atoms with Gasteiger partial charge in [0.25, 0.3) is 5.69 Å². The SMILES string of the molecule is C=Cc1cc([N+](=O)[O-])ccc1O[C@H]1N(CCCCCCCCCCCCCCCCCCCCCC)c2ccccc2C1(C)C. The van der Waals surface area contributed by atoms with Crippen LogP contribution in [-0.2, 0) is 5.41 Å². The summed E-state index contributed by atoms with van der Waals surface area (Å²) in [7, 11) is 0. The number of hydrogen-bond donors (Lipinski definition) is 0. The second-order valence-electron chi connectivity index (χ2n) is 13.8. The molecule has 1 aliphatic heterocycles. The van der Waals surface area contributed by atoms with Crippen molar-refractivity contribution in [2.75, 3.05) is 11.4 Å². The number of nitrogens with zero attached hydrogens (tertiary/aromatic N) is 2. The first-order chi connectivity index (χ1) is 21.9. The zero-order valence-electron chi connectivity index (χ0n) is 28.9. The van der Waals surface area contributed by atoms with Crippen LogP contribution in [0.25, 0.3) is 6.08 Å². The van der Waals surface area contributed by atoms with Gasteiger partial charge in [-0.15, -0.1) is 0 Å². The second kappa shape index (κ2) is 20.3. The quantitative estimate of drug-likeness (QED) is 0.0631. The van der Waals surface area contributed by atoms with Crippen LogP contribution in [0.1, 0.15) is 160 Å². The monoisotopic (exact) mass is 618 g/mol. The largest absolute Gasteiger partial charge is 0.469 e. The zero-order valence-corrected chi connectivity index (χ0v) is 28.9. The van der Waals surface area contributed by atoms with Crippen molar-refractivity contribution in [1.29, 1.82) is 0 Å². The molecule has 2 aromatic carbocycles. The molecule has 0 unspecified atom stereocenters. The highest BCUT2D eigenvalue weighted by molar-refractivity contribution is 5.64. The van der Waals surface area contributed by atoms with Gasteiger partial charge in [-0.2, -0.15) is 0 Å². The lowest BCUT2D eigenvalue weighted by atomic mass is 9.85. The van der Waals surface area contributed by atoms with Crippen LogP contribution in [0.2, 0.25) is 0 Å². The molecule has 0 N–H and O–H groups in total. The van der Waals surface area contributed by atoms with E-state index in [1.54, 1.807) is 18.2 Å². The first-order valence-electron chi connectivity index (χ1n) is 18.3. The Kier molecular flexibility index (Phi) is 16.6. The van der Waals surface area contributed by atoms with Crippen molar-refractivity contribution in [3.63, 3.8) is 0 Å². The van der Waals surface area contributed by atoms with Gasteiger partial charge in [0.15, 0.2) is 6.23 Å². The van der Waals surface area contributed by atoms with Crippen molar-refractivity contribution in [3.8, 4) is 5.75 Å². The molecule has 0 radical (unpaired) electrons. The van der Waals surface area contributed by atoms with Gasteiger partial charge in [-0.25, -0.2) is 0 Å². The maximum Gasteiger partial charge on any atom is 0.270 e. The van der Waals surface area contributed by atoms with Gasteiger partial charge in [0.2, 0.25) is 0 Å². The molecule has 0 aliphatic carbocycles. The maximum atomic E-state index is 11.3. The van der Waals surface area contributed by atoms with Crippen molar-refractivity contribution in [2.45, 2.75) is 161 Å². The zero-order chi connectivity index (χ0) is 32.3. The Bertz CT molecular complexity index is 1140. The van der Waals surface area contributed by atoms with Crippen LogP contribution in [0.5, 0.6) is 5.75 Å². The van der Waals surface area contributed by atoms with E-state index >= 15 is 0 Å². The maximum absolute atomic E-state index is 11.3. The first kappa shape index (κ1) is 36.6. The summed E-state index contributed by atoms with van der Waals surface area (Å²) < 4.78 is 6.67. The Balaban J connectivity index is 1.31. The molecule has 3 rings (SSSR count). The van der Waals surface area contributed by atoms with Crippen molar-refractivity contribution < 1.29 is 9.66 Å². The predicted octanol–water partition coefficient (Wildman–Crippen LogP) is 12.6. The molecule has 1 aliphatic rings. The van der Waals surface area contributed by atoms with Gasteiger partial charge < -0.3 is 9.64 Å². The van der Waals surface area contributed by atoms with E-state index in [0.29, 0.717) is 11.3 Å². The molecule has 45 heavy (non-hydrogen) atoms. The Hall–Kier alpha value is -2.82. The fourth-order valence-electron chi connectivity index (χ4n) is 6.94. The molecule has 5 nitrogen and oxygen atoms in total. The number of nitro groups is 1. The molecule has 2 aromatic rings. The minimum atomic E-state index is -0.377. The number of ether oxygens (including phenoxy) is 1. The van der Waals surface area contributed by atoms with Gasteiger partial charge >= 0.3 is 0 Å². The third-order valence-electron chi connectivity index (χ3n) is 9.72. The molecular weight excluding hydrogens is 556 g/mol. The molecule has 0 saturated carbocycles. The second-order valence-corrected chi connectivity index (χ2v) is 13.8. The Morgan fingerprint density at radius 2 is 1.27 bits per heavy atom. The number of nitro benzene ring substituents is 1. The number of benzene rings is 2. The van der Waals surface area contributed by atoms with Gasteiger partial charge in [-0.3, -0.25) is 10.1 Å². The van der Waals surface area contributed by atoms with Gasteiger partial charge in [0, 0.05) is 35.3 Å². The molecule has 0 spiro atoms. The molecule has 1 atom stereocenters. The highest BCUT2D eigenvalue weighted by atomic mass is 16.6. The summed E-state index contributed by atoms with van der Waals surface area (Å²) in [5.74, 6) is 0.634. The average molecular weight is 619 g/mol. The minimum Gasteiger partial charge on any atom is -0.469 e. The molecule has 250 valence electrons. The standard InChI is InChI=1S/C40H62N2O3/c1-5-7-8-9-10-11-12-13-14-15-16-17-18-19-20-21-22-23-24-27-32-41-37-29-26-25-28-36(37)40(3,4)39(41)45-38-31-30-35(42(43)44)33-34(38)6-2/h6,25-26,28-31,33,39H,2,5,7-24,27,32H2,1,3-4H3/t39-/m1/s1. The summed E-state index contributed by atoms with van der Waals surface area (Å²) in [4.78, 5) is 13.3. The topological polar surface area (TPSA) is 55.6 Å². The van der Waals surface area contributed by atoms with E-state index in [2.05, 4.69) is 56.5 Å². The summed E-state index contributed by atoms with van der Waals surface area (Å²) >= 11 is 0. The van der Waals surface area contributed by atoms with Crippen LogP contribution < -0.4 is 9.64 Å². The van der Waals surface area contributed by atoms with Crippen molar-refractivity contribution in [2.24, 2.45) is 0 Å². The third kappa shape index (κ3) is 11.8. The first-order valence-corrected chi connectivity index (χ1v) is 18.3. The molecule has 0 amide bonds. The van der Waals surface area contributed by atoms with Crippen molar-refractivity contribution in [3.05, 3.63) is 70.3 Å². The van der Waals surface area contributed by atoms with Crippen molar-refractivity contribution in [1.82, 2.24) is 0 Å². The normalized spacial score (nSPS) is 15.3. The highest BCUT2D eigenvalue weighted by Gasteiger charge is 2.46. The van der Waals surface area contributed by atoms with E-state index in [1.807, 2.05) is 0 Å². The number of anilines is 1. The Morgan fingerprint density at radius 3 is 1.76 bits per heavy atom. The fraction of sp³-hybridized carbons (Fsp3) is 0.650. The molecule has 0 saturated heterocycles. The van der Waals surface area contributed by atoms with E-state index in [4.69, 9.17) is 4.74 Å². The molecule has 0 aromatic heterocycles. The highest BCUT2D eigenvalue weighted by Crippen LogP contribution is 2.46. The van der Waals surface area contributed by atoms with Gasteiger partial charge in [0.05, 0.1) is 4.92 Å². The van der Waals surface area contributed by atoms with Crippen molar-refractivity contribution >= 4 is 17.5 Å². The summed E-state index contributed by atoms with van der Waals surface area (Å²) in [6.45, 7) is 11.6. The predicted molar refractivity (Wildman–Crippen MR) is 192 cm³/mol. The van der Waals surface area contributed by atoms with E-state index in [9.17, 15) is 10.1 Å². The Labute approximate surface area is 275 Å². The lowest BCUT2D eigenvalue weighted by Crippen LogP contribution is -2.46. The minimum absolute atomic E-state index is 0.0485. The number of non-ortho nitro benzene ring substituents is 1.